The summed E-state index contributed by atoms with van der Waals surface area (Å²) in [4.78, 5) is 22.3. The molecule has 0 bridgehead atoms. The second kappa shape index (κ2) is 3.77. The summed E-state index contributed by atoms with van der Waals surface area (Å²) in [5.41, 5.74) is 0. The Balaban J connectivity index is 2.06. The third-order valence-corrected chi connectivity index (χ3v) is 3.51. The summed E-state index contributed by atoms with van der Waals surface area (Å²) in [5.74, 6) is -0.135. The van der Waals surface area contributed by atoms with Gasteiger partial charge in [0.1, 0.15) is 6.04 Å². The van der Waals surface area contributed by atoms with Crippen molar-refractivity contribution in [3.05, 3.63) is 0 Å². The zero-order valence-electron chi connectivity index (χ0n) is 7.75. The summed E-state index contributed by atoms with van der Waals surface area (Å²) in [6.45, 7) is 0. The summed E-state index contributed by atoms with van der Waals surface area (Å²) in [7, 11) is 0. The molecule has 1 aliphatic carbocycles. The molecule has 78 valence electrons. The highest BCUT2D eigenvalue weighted by molar-refractivity contribution is 6.21. The normalized spacial score (nSPS) is 37.9. The summed E-state index contributed by atoms with van der Waals surface area (Å²) >= 11 is 6.14. The molecule has 0 spiro atoms. The Bertz CT molecular complexity index is 270. The van der Waals surface area contributed by atoms with Gasteiger partial charge in [0, 0.05) is 11.3 Å². The molecule has 5 heteroatoms. The SMILES string of the molecule is O=C1NC(=O)[C@H]([C@H]2CCCC[C@@H]2Cl)N1. The summed E-state index contributed by atoms with van der Waals surface area (Å²) < 4.78 is 0. The smallest absolute Gasteiger partial charge is 0.322 e. The minimum atomic E-state index is -0.412. The summed E-state index contributed by atoms with van der Waals surface area (Å²) in [6.07, 6.45) is 4.07. The van der Waals surface area contributed by atoms with E-state index in [-0.39, 0.29) is 17.2 Å². The van der Waals surface area contributed by atoms with Gasteiger partial charge < -0.3 is 5.32 Å². The third-order valence-electron chi connectivity index (χ3n) is 2.97. The van der Waals surface area contributed by atoms with Gasteiger partial charge in [-0.1, -0.05) is 12.8 Å². The van der Waals surface area contributed by atoms with E-state index in [1.54, 1.807) is 0 Å². The number of hydrogen-bond donors (Lipinski definition) is 2. The lowest BCUT2D eigenvalue weighted by molar-refractivity contribution is -0.121. The average molecular weight is 217 g/mol. The van der Waals surface area contributed by atoms with Crippen LogP contribution in [0.5, 0.6) is 0 Å². The Labute approximate surface area is 87.4 Å². The molecule has 1 saturated carbocycles. The number of hydrogen-bond acceptors (Lipinski definition) is 2. The molecule has 0 radical (unpaired) electrons. The lowest BCUT2D eigenvalue weighted by Gasteiger charge is -2.29. The Morgan fingerprint density at radius 1 is 1.21 bits per heavy atom. The van der Waals surface area contributed by atoms with E-state index in [0.29, 0.717) is 0 Å². The summed E-state index contributed by atoms with van der Waals surface area (Å²) in [6, 6.07) is -0.806. The number of nitrogens with one attached hydrogen (secondary N) is 2. The number of urea groups is 1. The molecule has 1 heterocycles. The number of carbonyl (C=O) groups excluding carboxylic acids is 2. The zero-order valence-corrected chi connectivity index (χ0v) is 8.51. The van der Waals surface area contributed by atoms with Gasteiger partial charge in [-0.15, -0.1) is 11.6 Å². The molecule has 0 unspecified atom stereocenters. The van der Waals surface area contributed by atoms with Gasteiger partial charge in [-0.25, -0.2) is 4.79 Å². The molecule has 2 aliphatic rings. The van der Waals surface area contributed by atoms with E-state index in [9.17, 15) is 9.59 Å². The molecule has 4 nitrogen and oxygen atoms in total. The number of carbonyl (C=O) groups is 2. The number of imide groups is 1. The fraction of sp³-hybridized carbons (Fsp3) is 0.778. The molecule has 0 aromatic carbocycles. The van der Waals surface area contributed by atoms with Crippen molar-refractivity contribution in [2.24, 2.45) is 5.92 Å². The van der Waals surface area contributed by atoms with Crippen LogP contribution in [0.25, 0.3) is 0 Å². The van der Waals surface area contributed by atoms with Gasteiger partial charge in [0.2, 0.25) is 0 Å². The van der Waals surface area contributed by atoms with Crippen LogP contribution < -0.4 is 10.6 Å². The standard InChI is InChI=1S/C9H13ClN2O2/c10-6-4-2-1-3-5(6)7-8(13)12-9(14)11-7/h5-7H,1-4H2,(H2,11,12,13,14)/t5-,6-,7-/m0/s1. The Morgan fingerprint density at radius 2 is 1.93 bits per heavy atom. The lowest BCUT2D eigenvalue weighted by Crippen LogP contribution is -2.42. The molecule has 3 atom stereocenters. The van der Waals surface area contributed by atoms with Crippen LogP contribution in [0, 0.1) is 5.92 Å². The Morgan fingerprint density at radius 3 is 2.50 bits per heavy atom. The molecule has 2 fully saturated rings. The van der Waals surface area contributed by atoms with Crippen LogP contribution in [0.15, 0.2) is 0 Å². The van der Waals surface area contributed by atoms with Crippen LogP contribution >= 0.6 is 11.6 Å². The fourth-order valence-electron chi connectivity index (χ4n) is 2.22. The highest BCUT2D eigenvalue weighted by Crippen LogP contribution is 2.31. The maximum atomic E-state index is 11.4. The van der Waals surface area contributed by atoms with E-state index < -0.39 is 12.1 Å². The number of rotatable bonds is 1. The maximum absolute atomic E-state index is 11.4. The molecule has 0 aromatic rings. The molecule has 3 amide bonds. The van der Waals surface area contributed by atoms with E-state index in [4.69, 9.17) is 11.6 Å². The van der Waals surface area contributed by atoms with Crippen molar-refractivity contribution < 1.29 is 9.59 Å². The number of halogens is 1. The largest absolute Gasteiger partial charge is 0.326 e. The quantitative estimate of drug-likeness (QED) is 0.507. The highest BCUT2D eigenvalue weighted by Gasteiger charge is 2.40. The molecule has 2 N–H and O–H groups in total. The second-order valence-electron chi connectivity index (χ2n) is 3.90. The topological polar surface area (TPSA) is 58.2 Å². The van der Waals surface area contributed by atoms with Gasteiger partial charge in [-0.2, -0.15) is 0 Å². The Hall–Kier alpha value is -0.770. The van der Waals surface area contributed by atoms with Gasteiger partial charge in [0.05, 0.1) is 0 Å². The molecule has 14 heavy (non-hydrogen) atoms. The van der Waals surface area contributed by atoms with Crippen LogP contribution in [-0.4, -0.2) is 23.4 Å². The first kappa shape index (κ1) is 9.77. The van der Waals surface area contributed by atoms with Crippen molar-refractivity contribution in [2.75, 3.05) is 0 Å². The Kier molecular flexibility index (Phi) is 2.63. The van der Waals surface area contributed by atoms with Gasteiger partial charge in [-0.3, -0.25) is 10.1 Å². The molecule has 1 aliphatic heterocycles. The lowest BCUT2D eigenvalue weighted by atomic mass is 9.83. The van der Waals surface area contributed by atoms with Crippen LogP contribution in [-0.2, 0) is 4.79 Å². The molecule has 1 saturated heterocycles. The number of amides is 3. The maximum Gasteiger partial charge on any atom is 0.322 e. The minimum Gasteiger partial charge on any atom is -0.326 e. The first-order chi connectivity index (χ1) is 6.68. The van der Waals surface area contributed by atoms with Crippen molar-refractivity contribution >= 4 is 23.5 Å². The molecular formula is C9H13ClN2O2. The second-order valence-corrected chi connectivity index (χ2v) is 4.47. The monoisotopic (exact) mass is 216 g/mol. The first-order valence-corrected chi connectivity index (χ1v) is 5.37. The van der Waals surface area contributed by atoms with E-state index in [2.05, 4.69) is 10.6 Å². The third kappa shape index (κ3) is 1.71. The first-order valence-electron chi connectivity index (χ1n) is 4.94. The average Bonchev–Trinajstić information content (AvgIpc) is 2.46. The van der Waals surface area contributed by atoms with Crippen molar-refractivity contribution in [1.29, 1.82) is 0 Å². The van der Waals surface area contributed by atoms with Gasteiger partial charge >= 0.3 is 6.03 Å². The van der Waals surface area contributed by atoms with Gasteiger partial charge in [-0.05, 0) is 12.8 Å². The predicted octanol–water partition coefficient (Wildman–Crippen LogP) is 0.992. The van der Waals surface area contributed by atoms with E-state index >= 15 is 0 Å². The fourth-order valence-corrected chi connectivity index (χ4v) is 2.65. The molecular weight excluding hydrogens is 204 g/mol. The highest BCUT2D eigenvalue weighted by atomic mass is 35.5. The van der Waals surface area contributed by atoms with Gasteiger partial charge in [0.15, 0.2) is 0 Å². The van der Waals surface area contributed by atoms with Crippen LogP contribution in [0.1, 0.15) is 25.7 Å². The zero-order chi connectivity index (χ0) is 10.1. The minimum absolute atomic E-state index is 0.0119. The number of alkyl halides is 1. The van der Waals surface area contributed by atoms with E-state index in [1.165, 1.54) is 0 Å². The van der Waals surface area contributed by atoms with Gasteiger partial charge in [0.25, 0.3) is 5.91 Å². The van der Waals surface area contributed by atoms with Crippen molar-refractivity contribution in [1.82, 2.24) is 10.6 Å². The van der Waals surface area contributed by atoms with Crippen molar-refractivity contribution in [3.63, 3.8) is 0 Å². The molecule has 0 aromatic heterocycles. The van der Waals surface area contributed by atoms with Crippen LogP contribution in [0.3, 0.4) is 0 Å². The van der Waals surface area contributed by atoms with Crippen molar-refractivity contribution in [3.8, 4) is 0 Å². The van der Waals surface area contributed by atoms with Crippen LogP contribution in [0.4, 0.5) is 4.79 Å². The van der Waals surface area contributed by atoms with E-state index in [0.717, 1.165) is 25.7 Å². The molecule has 2 rings (SSSR count). The summed E-state index contributed by atoms with van der Waals surface area (Å²) in [5, 5.41) is 4.87. The van der Waals surface area contributed by atoms with E-state index in [1.807, 2.05) is 0 Å². The van der Waals surface area contributed by atoms with Crippen LogP contribution in [0.2, 0.25) is 0 Å². The van der Waals surface area contributed by atoms with Crippen molar-refractivity contribution in [2.45, 2.75) is 37.1 Å². The predicted molar refractivity (Wildman–Crippen MR) is 52.1 cm³/mol.